The summed E-state index contributed by atoms with van der Waals surface area (Å²) < 4.78 is 0. The smallest absolute Gasteiger partial charge is 0.241 e. The molecule has 1 aliphatic rings. The second-order valence-electron chi connectivity index (χ2n) is 3.58. The van der Waals surface area contributed by atoms with Gasteiger partial charge in [0.2, 0.25) is 5.91 Å². The monoisotopic (exact) mass is 224 g/mol. The van der Waals surface area contributed by atoms with Gasteiger partial charge in [-0.05, 0) is 30.7 Å². The lowest BCUT2D eigenvalue weighted by molar-refractivity contribution is -0.122. The molecule has 0 spiro atoms. The molecule has 3 nitrogen and oxygen atoms in total. The molecule has 4 heteroatoms. The van der Waals surface area contributed by atoms with E-state index in [-0.39, 0.29) is 11.9 Å². The maximum atomic E-state index is 11.7. The van der Waals surface area contributed by atoms with Crippen LogP contribution in [0.25, 0.3) is 0 Å². The van der Waals surface area contributed by atoms with Crippen LogP contribution in [0.15, 0.2) is 24.3 Å². The lowest BCUT2D eigenvalue weighted by atomic mass is 10.1. The van der Waals surface area contributed by atoms with Gasteiger partial charge in [-0.2, -0.15) is 0 Å². The molecule has 1 heterocycles. The highest BCUT2D eigenvalue weighted by molar-refractivity contribution is 6.30. The molecule has 1 amide bonds. The molecule has 15 heavy (non-hydrogen) atoms. The van der Waals surface area contributed by atoms with Crippen LogP contribution >= 0.6 is 11.6 Å². The van der Waals surface area contributed by atoms with Gasteiger partial charge in [-0.25, -0.2) is 0 Å². The van der Waals surface area contributed by atoms with E-state index in [1.54, 1.807) is 12.1 Å². The summed E-state index contributed by atoms with van der Waals surface area (Å²) in [4.78, 5) is 11.7. The summed E-state index contributed by atoms with van der Waals surface area (Å²) in [6.07, 6.45) is 0.968. The maximum Gasteiger partial charge on any atom is 0.241 e. The zero-order valence-corrected chi connectivity index (χ0v) is 9.05. The van der Waals surface area contributed by atoms with E-state index in [9.17, 15) is 4.79 Å². The molecule has 1 aromatic carbocycles. The third kappa shape index (κ3) is 2.49. The number of hydrogen-bond acceptors (Lipinski definition) is 2. The largest absolute Gasteiger partial charge is 0.354 e. The standard InChI is InChI=1S/C11H13ClN2O/c12-9-4-2-8(3-5-9)10-11(15)14-7-1-6-13-10/h2-5,10,13H,1,6-7H2,(H,14,15). The van der Waals surface area contributed by atoms with E-state index in [2.05, 4.69) is 10.6 Å². The second-order valence-corrected chi connectivity index (χ2v) is 4.02. The molecule has 2 N–H and O–H groups in total. The zero-order valence-electron chi connectivity index (χ0n) is 8.29. The van der Waals surface area contributed by atoms with E-state index in [0.717, 1.165) is 25.1 Å². The van der Waals surface area contributed by atoms with Crippen molar-refractivity contribution in [3.05, 3.63) is 34.9 Å². The van der Waals surface area contributed by atoms with E-state index >= 15 is 0 Å². The van der Waals surface area contributed by atoms with Crippen LogP contribution in [-0.2, 0) is 4.79 Å². The first kappa shape index (κ1) is 10.5. The van der Waals surface area contributed by atoms with E-state index < -0.39 is 0 Å². The molecule has 1 aliphatic heterocycles. The Balaban J connectivity index is 2.20. The molecule has 1 aromatic rings. The Kier molecular flexibility index (Phi) is 3.23. The summed E-state index contributed by atoms with van der Waals surface area (Å²) in [5.41, 5.74) is 0.957. The summed E-state index contributed by atoms with van der Waals surface area (Å²) in [6.45, 7) is 1.60. The number of benzene rings is 1. The van der Waals surface area contributed by atoms with Gasteiger partial charge in [-0.3, -0.25) is 4.79 Å². The predicted octanol–water partition coefficient (Wildman–Crippen LogP) is 1.49. The fraction of sp³-hybridized carbons (Fsp3) is 0.364. The van der Waals surface area contributed by atoms with Crippen LogP contribution in [0.2, 0.25) is 5.02 Å². The number of rotatable bonds is 1. The number of carbonyl (C=O) groups excluding carboxylic acids is 1. The molecule has 0 bridgehead atoms. The van der Waals surface area contributed by atoms with Crippen LogP contribution in [-0.4, -0.2) is 19.0 Å². The quantitative estimate of drug-likeness (QED) is 0.759. The van der Waals surface area contributed by atoms with Gasteiger partial charge in [0.15, 0.2) is 0 Å². The number of hydrogen-bond donors (Lipinski definition) is 2. The second kappa shape index (κ2) is 4.64. The Hall–Kier alpha value is -1.06. The first-order chi connectivity index (χ1) is 7.27. The van der Waals surface area contributed by atoms with Crippen LogP contribution in [0.4, 0.5) is 0 Å². The molecule has 1 atom stereocenters. The molecular formula is C11H13ClN2O. The molecule has 0 saturated carbocycles. The van der Waals surface area contributed by atoms with Crippen molar-refractivity contribution in [1.29, 1.82) is 0 Å². The lowest BCUT2D eigenvalue weighted by Gasteiger charge is -2.14. The predicted molar refractivity (Wildman–Crippen MR) is 59.8 cm³/mol. The zero-order chi connectivity index (χ0) is 10.7. The van der Waals surface area contributed by atoms with E-state index in [0.29, 0.717) is 5.02 Å². The van der Waals surface area contributed by atoms with E-state index in [4.69, 9.17) is 11.6 Å². The van der Waals surface area contributed by atoms with Crippen molar-refractivity contribution in [3.63, 3.8) is 0 Å². The molecule has 1 saturated heterocycles. The molecule has 2 rings (SSSR count). The fourth-order valence-corrected chi connectivity index (χ4v) is 1.79. The van der Waals surface area contributed by atoms with Crippen molar-refractivity contribution >= 4 is 17.5 Å². The Morgan fingerprint density at radius 2 is 1.93 bits per heavy atom. The number of halogens is 1. The molecule has 0 aliphatic carbocycles. The Morgan fingerprint density at radius 1 is 1.20 bits per heavy atom. The summed E-state index contributed by atoms with van der Waals surface area (Å²) in [5, 5.41) is 6.77. The summed E-state index contributed by atoms with van der Waals surface area (Å²) in [5.74, 6) is 0.0369. The lowest BCUT2D eigenvalue weighted by Crippen LogP contribution is -2.33. The number of amides is 1. The van der Waals surface area contributed by atoms with Crippen molar-refractivity contribution in [1.82, 2.24) is 10.6 Å². The third-order valence-corrected chi connectivity index (χ3v) is 2.72. The molecule has 0 aromatic heterocycles. The molecule has 80 valence electrons. The number of nitrogens with one attached hydrogen (secondary N) is 2. The minimum absolute atomic E-state index is 0.0369. The van der Waals surface area contributed by atoms with Crippen molar-refractivity contribution < 1.29 is 4.79 Å². The van der Waals surface area contributed by atoms with Crippen LogP contribution in [0.3, 0.4) is 0 Å². The van der Waals surface area contributed by atoms with Crippen molar-refractivity contribution in [2.75, 3.05) is 13.1 Å². The topological polar surface area (TPSA) is 41.1 Å². The third-order valence-electron chi connectivity index (χ3n) is 2.47. The van der Waals surface area contributed by atoms with Gasteiger partial charge in [0, 0.05) is 11.6 Å². The van der Waals surface area contributed by atoms with Crippen LogP contribution in [0.1, 0.15) is 18.0 Å². The first-order valence-corrected chi connectivity index (χ1v) is 5.42. The average Bonchev–Trinajstić information content (AvgIpc) is 2.44. The fourth-order valence-electron chi connectivity index (χ4n) is 1.67. The van der Waals surface area contributed by atoms with Crippen LogP contribution < -0.4 is 10.6 Å². The summed E-state index contributed by atoms with van der Waals surface area (Å²) >= 11 is 5.80. The van der Waals surface area contributed by atoms with Gasteiger partial charge in [-0.15, -0.1) is 0 Å². The van der Waals surface area contributed by atoms with Crippen LogP contribution in [0.5, 0.6) is 0 Å². The molecule has 1 unspecified atom stereocenters. The Morgan fingerprint density at radius 3 is 2.67 bits per heavy atom. The summed E-state index contributed by atoms with van der Waals surface area (Å²) in [7, 11) is 0. The highest BCUT2D eigenvalue weighted by atomic mass is 35.5. The van der Waals surface area contributed by atoms with Gasteiger partial charge >= 0.3 is 0 Å². The minimum Gasteiger partial charge on any atom is -0.354 e. The Labute approximate surface area is 93.8 Å². The molecule has 1 fully saturated rings. The normalized spacial score (nSPS) is 21.9. The van der Waals surface area contributed by atoms with E-state index in [1.165, 1.54) is 0 Å². The van der Waals surface area contributed by atoms with Gasteiger partial charge in [0.1, 0.15) is 6.04 Å². The van der Waals surface area contributed by atoms with Crippen molar-refractivity contribution in [3.8, 4) is 0 Å². The number of carbonyl (C=O) groups is 1. The van der Waals surface area contributed by atoms with Gasteiger partial charge in [0.25, 0.3) is 0 Å². The first-order valence-electron chi connectivity index (χ1n) is 5.04. The van der Waals surface area contributed by atoms with Gasteiger partial charge < -0.3 is 10.6 Å². The maximum absolute atomic E-state index is 11.7. The van der Waals surface area contributed by atoms with Crippen molar-refractivity contribution in [2.45, 2.75) is 12.5 Å². The average molecular weight is 225 g/mol. The van der Waals surface area contributed by atoms with E-state index in [1.807, 2.05) is 12.1 Å². The van der Waals surface area contributed by atoms with Crippen LogP contribution in [0, 0.1) is 0 Å². The molecule has 0 radical (unpaired) electrons. The minimum atomic E-state index is -0.246. The SMILES string of the molecule is O=C1NCCCNC1c1ccc(Cl)cc1. The van der Waals surface area contributed by atoms with Gasteiger partial charge in [-0.1, -0.05) is 23.7 Å². The summed E-state index contributed by atoms with van der Waals surface area (Å²) in [6, 6.07) is 7.12. The highest BCUT2D eigenvalue weighted by Crippen LogP contribution is 2.17. The Bertz CT molecular complexity index is 350. The highest BCUT2D eigenvalue weighted by Gasteiger charge is 2.21. The van der Waals surface area contributed by atoms with Crippen molar-refractivity contribution in [2.24, 2.45) is 0 Å². The molecular weight excluding hydrogens is 212 g/mol. The van der Waals surface area contributed by atoms with Gasteiger partial charge in [0.05, 0.1) is 0 Å².